The number of fused-ring (bicyclic) bond motifs is 9. The summed E-state index contributed by atoms with van der Waals surface area (Å²) in [7, 11) is 0. The van der Waals surface area contributed by atoms with E-state index < -0.39 is 5.41 Å². The molecule has 1 aliphatic heterocycles. The van der Waals surface area contributed by atoms with Gasteiger partial charge in [0.2, 0.25) is 0 Å². The average Bonchev–Trinajstić information content (AvgIpc) is 3.58. The molecule has 2 aliphatic rings. The molecular weight excluding hydrogens is 683 g/mol. The summed E-state index contributed by atoms with van der Waals surface area (Å²) in [5, 5.41) is 0. The minimum Gasteiger partial charge on any atom is -0.457 e. The Labute approximate surface area is 325 Å². The molecule has 56 heavy (non-hydrogen) atoms. The first kappa shape index (κ1) is 32.0. The van der Waals surface area contributed by atoms with E-state index in [0.717, 1.165) is 56.0 Å². The Morgan fingerprint density at radius 1 is 0.304 bits per heavy atom. The van der Waals surface area contributed by atoms with Gasteiger partial charge < -0.3 is 4.74 Å². The highest BCUT2D eigenvalue weighted by Gasteiger charge is 2.51. The first-order valence-corrected chi connectivity index (χ1v) is 18.9. The molecule has 1 spiro atoms. The summed E-state index contributed by atoms with van der Waals surface area (Å²) in [4.78, 5) is 15.1. The van der Waals surface area contributed by atoms with Gasteiger partial charge in [-0.05, 0) is 62.7 Å². The van der Waals surface area contributed by atoms with Gasteiger partial charge in [0, 0.05) is 27.8 Å². The third kappa shape index (κ3) is 4.96. The fraction of sp³-hybridized carbons (Fsp3) is 0.0192. The molecule has 0 saturated carbocycles. The standard InChI is InChI=1S/C52H33N3O/c1-3-15-34(16-4-1)38-19-13-20-39(33-38)51-54-49(36-17-5-2-6-18-36)53-50(55-51)37-31-29-35(30-32-37)40-22-14-26-45-48(40)41-21-7-8-23-42(41)52(45)43-24-9-11-27-46(43)56-47-28-12-10-25-44(47)52/h1-33H. The molecule has 8 aromatic carbocycles. The third-order valence-corrected chi connectivity index (χ3v) is 11.2. The van der Waals surface area contributed by atoms with Crippen LogP contribution in [0.25, 0.3) is 67.5 Å². The van der Waals surface area contributed by atoms with Gasteiger partial charge in [0.05, 0.1) is 5.41 Å². The fourth-order valence-electron chi connectivity index (χ4n) is 8.76. The smallest absolute Gasteiger partial charge is 0.164 e. The van der Waals surface area contributed by atoms with E-state index in [-0.39, 0.29) is 0 Å². The van der Waals surface area contributed by atoms with Gasteiger partial charge >= 0.3 is 0 Å². The van der Waals surface area contributed by atoms with Crippen LogP contribution < -0.4 is 4.74 Å². The van der Waals surface area contributed by atoms with Gasteiger partial charge in [0.25, 0.3) is 0 Å². The fourth-order valence-corrected chi connectivity index (χ4v) is 8.76. The lowest BCUT2D eigenvalue weighted by atomic mass is 9.66. The summed E-state index contributed by atoms with van der Waals surface area (Å²) >= 11 is 0. The number of hydrogen-bond acceptors (Lipinski definition) is 4. The van der Waals surface area contributed by atoms with Crippen molar-refractivity contribution in [1.82, 2.24) is 15.0 Å². The molecule has 11 rings (SSSR count). The molecule has 0 bridgehead atoms. The van der Waals surface area contributed by atoms with E-state index in [9.17, 15) is 0 Å². The molecule has 4 nitrogen and oxygen atoms in total. The van der Waals surface area contributed by atoms with Crippen molar-refractivity contribution in [2.75, 3.05) is 0 Å². The van der Waals surface area contributed by atoms with E-state index in [1.807, 2.05) is 36.4 Å². The minimum absolute atomic E-state index is 0.514. The van der Waals surface area contributed by atoms with Crippen LogP contribution in [0.15, 0.2) is 200 Å². The zero-order valence-corrected chi connectivity index (χ0v) is 30.3. The normalized spacial score (nSPS) is 12.9. The summed E-state index contributed by atoms with van der Waals surface area (Å²) in [6, 6.07) is 70.2. The Bertz CT molecular complexity index is 2890. The van der Waals surface area contributed by atoms with Crippen LogP contribution in [-0.2, 0) is 5.41 Å². The van der Waals surface area contributed by atoms with Crippen molar-refractivity contribution in [2.45, 2.75) is 5.41 Å². The Morgan fingerprint density at radius 2 is 0.750 bits per heavy atom. The molecule has 0 atom stereocenters. The molecule has 2 heterocycles. The van der Waals surface area contributed by atoms with Gasteiger partial charge in [0.1, 0.15) is 11.5 Å². The lowest BCUT2D eigenvalue weighted by Crippen LogP contribution is -2.32. The summed E-state index contributed by atoms with van der Waals surface area (Å²) in [5.41, 5.74) is 14.2. The molecule has 0 fully saturated rings. The predicted molar refractivity (Wildman–Crippen MR) is 224 cm³/mol. The minimum atomic E-state index is -0.514. The van der Waals surface area contributed by atoms with E-state index in [1.165, 1.54) is 27.8 Å². The lowest BCUT2D eigenvalue weighted by Gasteiger charge is -2.39. The molecule has 1 aliphatic carbocycles. The van der Waals surface area contributed by atoms with Crippen LogP contribution in [-0.4, -0.2) is 15.0 Å². The zero-order valence-electron chi connectivity index (χ0n) is 30.3. The highest BCUT2D eigenvalue weighted by atomic mass is 16.5. The number of hydrogen-bond donors (Lipinski definition) is 0. The maximum Gasteiger partial charge on any atom is 0.164 e. The van der Waals surface area contributed by atoms with Crippen LogP contribution in [0.4, 0.5) is 0 Å². The van der Waals surface area contributed by atoms with Crippen LogP contribution in [0.5, 0.6) is 11.5 Å². The predicted octanol–water partition coefficient (Wildman–Crippen LogP) is 12.7. The maximum atomic E-state index is 6.55. The number of nitrogens with zero attached hydrogens (tertiary/aromatic N) is 3. The Hall–Kier alpha value is -7.43. The van der Waals surface area contributed by atoms with E-state index in [2.05, 4.69) is 164 Å². The van der Waals surface area contributed by atoms with Crippen LogP contribution in [0.1, 0.15) is 22.3 Å². The third-order valence-electron chi connectivity index (χ3n) is 11.2. The second-order valence-electron chi connectivity index (χ2n) is 14.3. The van der Waals surface area contributed by atoms with Crippen molar-refractivity contribution < 1.29 is 4.74 Å². The van der Waals surface area contributed by atoms with E-state index in [0.29, 0.717) is 17.5 Å². The lowest BCUT2D eigenvalue weighted by molar-refractivity contribution is 0.436. The van der Waals surface area contributed by atoms with Crippen LogP contribution in [0.2, 0.25) is 0 Å². The van der Waals surface area contributed by atoms with Crippen molar-refractivity contribution in [3.05, 3.63) is 222 Å². The Balaban J connectivity index is 1.05. The first-order chi connectivity index (χ1) is 27.8. The molecule has 0 saturated heterocycles. The van der Waals surface area contributed by atoms with Crippen LogP contribution in [0, 0.1) is 0 Å². The Kier molecular flexibility index (Phi) is 7.36. The zero-order chi connectivity index (χ0) is 37.1. The molecular formula is C52H33N3O. The average molecular weight is 716 g/mol. The second-order valence-corrected chi connectivity index (χ2v) is 14.3. The highest BCUT2D eigenvalue weighted by molar-refractivity contribution is 5.96. The number of ether oxygens (including phenoxy) is 1. The van der Waals surface area contributed by atoms with Crippen LogP contribution in [0.3, 0.4) is 0 Å². The van der Waals surface area contributed by atoms with Crippen molar-refractivity contribution in [1.29, 1.82) is 0 Å². The van der Waals surface area contributed by atoms with E-state index in [1.54, 1.807) is 0 Å². The van der Waals surface area contributed by atoms with Gasteiger partial charge in [-0.25, -0.2) is 15.0 Å². The molecule has 0 N–H and O–H groups in total. The highest BCUT2D eigenvalue weighted by Crippen LogP contribution is 2.63. The van der Waals surface area contributed by atoms with Crippen molar-refractivity contribution >= 4 is 0 Å². The first-order valence-electron chi connectivity index (χ1n) is 18.9. The van der Waals surface area contributed by atoms with E-state index >= 15 is 0 Å². The topological polar surface area (TPSA) is 47.9 Å². The quantitative estimate of drug-likeness (QED) is 0.178. The van der Waals surface area contributed by atoms with Crippen LogP contribution >= 0.6 is 0 Å². The Morgan fingerprint density at radius 3 is 1.43 bits per heavy atom. The molecule has 262 valence electrons. The molecule has 1 aromatic heterocycles. The number of rotatable bonds is 5. The summed E-state index contributed by atoms with van der Waals surface area (Å²) in [6.07, 6.45) is 0. The number of aromatic nitrogens is 3. The molecule has 0 radical (unpaired) electrons. The SMILES string of the molecule is c1ccc(-c2cccc(-c3nc(-c4ccccc4)nc(-c4ccc(-c5cccc6c5-c5ccccc5C65c6ccccc6Oc6ccccc65)cc4)n3)c2)cc1. The molecule has 4 heteroatoms. The van der Waals surface area contributed by atoms with Crippen molar-refractivity contribution in [2.24, 2.45) is 0 Å². The summed E-state index contributed by atoms with van der Waals surface area (Å²) in [5.74, 6) is 3.68. The summed E-state index contributed by atoms with van der Waals surface area (Å²) in [6.45, 7) is 0. The second kappa shape index (κ2) is 12.9. The van der Waals surface area contributed by atoms with E-state index in [4.69, 9.17) is 19.7 Å². The molecule has 0 amide bonds. The number of para-hydroxylation sites is 2. The van der Waals surface area contributed by atoms with Gasteiger partial charge in [-0.3, -0.25) is 0 Å². The summed E-state index contributed by atoms with van der Waals surface area (Å²) < 4.78 is 6.55. The monoisotopic (exact) mass is 715 g/mol. The largest absolute Gasteiger partial charge is 0.457 e. The number of benzene rings is 8. The van der Waals surface area contributed by atoms with Crippen molar-refractivity contribution in [3.63, 3.8) is 0 Å². The molecule has 0 unspecified atom stereocenters. The molecule has 9 aromatic rings. The maximum absolute atomic E-state index is 6.55. The van der Waals surface area contributed by atoms with Gasteiger partial charge in [-0.2, -0.15) is 0 Å². The van der Waals surface area contributed by atoms with Crippen molar-refractivity contribution in [3.8, 4) is 79.0 Å². The van der Waals surface area contributed by atoms with Gasteiger partial charge in [0.15, 0.2) is 17.5 Å². The van der Waals surface area contributed by atoms with Gasteiger partial charge in [-0.15, -0.1) is 0 Å². The van der Waals surface area contributed by atoms with Gasteiger partial charge in [-0.1, -0.05) is 182 Å².